The summed E-state index contributed by atoms with van der Waals surface area (Å²) >= 11 is 1.13. The van der Waals surface area contributed by atoms with Crippen LogP contribution in [0.3, 0.4) is 0 Å². The largest absolute Gasteiger partial charge is 0.497 e. The first-order valence-electron chi connectivity index (χ1n) is 9.22. The van der Waals surface area contributed by atoms with Gasteiger partial charge in [-0.05, 0) is 48.4 Å². The van der Waals surface area contributed by atoms with Gasteiger partial charge in [-0.3, -0.25) is 9.52 Å². The number of ether oxygens (including phenoxy) is 1. The molecule has 160 valence electrons. The summed E-state index contributed by atoms with van der Waals surface area (Å²) in [4.78, 5) is 16.9. The van der Waals surface area contributed by atoms with Crippen LogP contribution < -0.4 is 14.8 Å². The quantitative estimate of drug-likeness (QED) is 0.487. The van der Waals surface area contributed by atoms with Gasteiger partial charge in [0.2, 0.25) is 0 Å². The van der Waals surface area contributed by atoms with Crippen LogP contribution in [-0.4, -0.2) is 44.2 Å². The summed E-state index contributed by atoms with van der Waals surface area (Å²) in [5.41, 5.74) is 0.987. The van der Waals surface area contributed by atoms with Gasteiger partial charge in [-0.2, -0.15) is 0 Å². The van der Waals surface area contributed by atoms with E-state index in [2.05, 4.69) is 15.0 Å². The van der Waals surface area contributed by atoms with Gasteiger partial charge < -0.3 is 15.2 Å². The highest BCUT2D eigenvalue weighted by molar-refractivity contribution is 7.93. The van der Waals surface area contributed by atoms with E-state index in [1.165, 1.54) is 19.2 Å². The second-order valence-electron chi connectivity index (χ2n) is 6.99. The molecule has 10 heteroatoms. The lowest BCUT2D eigenvalue weighted by molar-refractivity contribution is 0.0897. The molecule has 0 aliphatic carbocycles. The number of thiazole rings is 1. The van der Waals surface area contributed by atoms with E-state index in [9.17, 15) is 18.3 Å². The maximum absolute atomic E-state index is 12.6. The number of aliphatic hydroxyl groups is 1. The maximum atomic E-state index is 12.6. The minimum Gasteiger partial charge on any atom is -0.497 e. The number of aliphatic hydroxyl groups excluding tert-OH is 1. The summed E-state index contributed by atoms with van der Waals surface area (Å²) in [6.07, 6.45) is 0. The highest BCUT2D eigenvalue weighted by Crippen LogP contribution is 2.29. The second-order valence-corrected chi connectivity index (χ2v) is 9.70. The fourth-order valence-electron chi connectivity index (χ4n) is 2.71. The molecule has 0 bridgehead atoms. The lowest BCUT2D eigenvalue weighted by Crippen LogP contribution is -2.41. The minimum atomic E-state index is -3.81. The van der Waals surface area contributed by atoms with Crippen LogP contribution in [0.5, 0.6) is 5.75 Å². The lowest BCUT2D eigenvalue weighted by atomic mass is 10.0. The molecule has 1 heterocycles. The fraction of sp³-hybridized carbons (Fsp3) is 0.300. The maximum Gasteiger partial charge on any atom is 0.263 e. The summed E-state index contributed by atoms with van der Waals surface area (Å²) in [7, 11) is -2.30. The average Bonchev–Trinajstić information content (AvgIpc) is 3.12. The Kier molecular flexibility index (Phi) is 6.59. The van der Waals surface area contributed by atoms with E-state index >= 15 is 0 Å². The van der Waals surface area contributed by atoms with Gasteiger partial charge in [0.15, 0.2) is 5.13 Å². The molecule has 3 rings (SSSR count). The standard InChI is InChI=1S/C20H23N3O5S2/c1-12(2)17(11-24)21-19(25)13-4-9-16-18(10-13)29-20(22-16)23-30(26,27)15-7-5-14(28-3)6-8-15/h4-10,12,17,24H,11H2,1-3H3,(H,21,25)(H,22,23)/t17-/m0/s1. The molecule has 0 spiro atoms. The molecule has 0 unspecified atom stereocenters. The van der Waals surface area contributed by atoms with Crippen LogP contribution in [-0.2, 0) is 10.0 Å². The second kappa shape index (κ2) is 8.99. The van der Waals surface area contributed by atoms with Gasteiger partial charge in [-0.1, -0.05) is 25.2 Å². The molecule has 2 aromatic carbocycles. The van der Waals surface area contributed by atoms with Crippen LogP contribution >= 0.6 is 11.3 Å². The van der Waals surface area contributed by atoms with E-state index < -0.39 is 10.0 Å². The van der Waals surface area contributed by atoms with E-state index in [-0.39, 0.29) is 34.5 Å². The smallest absolute Gasteiger partial charge is 0.263 e. The zero-order chi connectivity index (χ0) is 21.9. The topological polar surface area (TPSA) is 118 Å². The van der Waals surface area contributed by atoms with Gasteiger partial charge >= 0.3 is 0 Å². The van der Waals surface area contributed by atoms with Crippen LogP contribution in [0.2, 0.25) is 0 Å². The molecule has 0 saturated heterocycles. The monoisotopic (exact) mass is 449 g/mol. The van der Waals surface area contributed by atoms with Crippen LogP contribution in [0.4, 0.5) is 5.13 Å². The first kappa shape index (κ1) is 22.0. The number of nitrogens with zero attached hydrogens (tertiary/aromatic N) is 1. The van der Waals surface area contributed by atoms with Crippen molar-refractivity contribution in [2.24, 2.45) is 5.92 Å². The molecular weight excluding hydrogens is 426 g/mol. The van der Waals surface area contributed by atoms with Crippen molar-refractivity contribution < 1.29 is 23.1 Å². The van der Waals surface area contributed by atoms with Gasteiger partial charge in [0.25, 0.3) is 15.9 Å². The Labute approximate surface area is 179 Å². The summed E-state index contributed by atoms with van der Waals surface area (Å²) in [5.74, 6) is 0.337. The Morgan fingerprint density at radius 3 is 2.50 bits per heavy atom. The van der Waals surface area contributed by atoms with Crippen LogP contribution in [0.15, 0.2) is 47.4 Å². The Morgan fingerprint density at radius 2 is 1.90 bits per heavy atom. The van der Waals surface area contributed by atoms with Crippen LogP contribution in [0, 0.1) is 5.92 Å². The van der Waals surface area contributed by atoms with Gasteiger partial charge in [-0.25, -0.2) is 13.4 Å². The molecule has 30 heavy (non-hydrogen) atoms. The summed E-state index contributed by atoms with van der Waals surface area (Å²) < 4.78 is 33.4. The number of hydrogen-bond donors (Lipinski definition) is 3. The molecule has 0 aliphatic heterocycles. The summed E-state index contributed by atoms with van der Waals surface area (Å²) in [6.45, 7) is 3.67. The Balaban J connectivity index is 1.80. The number of aromatic nitrogens is 1. The van der Waals surface area contributed by atoms with Crippen molar-refractivity contribution in [2.75, 3.05) is 18.4 Å². The lowest BCUT2D eigenvalue weighted by Gasteiger charge is -2.19. The SMILES string of the molecule is COc1ccc(S(=O)(=O)Nc2nc3ccc(C(=O)N[C@@H](CO)C(C)C)cc3s2)cc1. The van der Waals surface area contributed by atoms with Gasteiger partial charge in [0, 0.05) is 5.56 Å². The minimum absolute atomic E-state index is 0.0880. The van der Waals surface area contributed by atoms with E-state index in [1.54, 1.807) is 30.3 Å². The van der Waals surface area contributed by atoms with Crippen molar-refractivity contribution in [3.63, 3.8) is 0 Å². The van der Waals surface area contributed by atoms with Crippen LogP contribution in [0.25, 0.3) is 10.2 Å². The number of sulfonamides is 1. The molecule has 3 aromatic rings. The van der Waals surface area contributed by atoms with Gasteiger partial charge in [-0.15, -0.1) is 0 Å². The molecular formula is C20H23N3O5S2. The summed E-state index contributed by atoms with van der Waals surface area (Å²) in [5, 5.41) is 12.4. The number of rotatable bonds is 8. The highest BCUT2D eigenvalue weighted by Gasteiger charge is 2.19. The van der Waals surface area contributed by atoms with E-state index in [1.807, 2.05) is 13.8 Å². The molecule has 0 fully saturated rings. The van der Waals surface area contributed by atoms with Crippen LogP contribution in [0.1, 0.15) is 24.2 Å². The fourth-order valence-corrected chi connectivity index (χ4v) is 4.85. The Hall–Kier alpha value is -2.69. The zero-order valence-electron chi connectivity index (χ0n) is 16.7. The van der Waals surface area contributed by atoms with E-state index in [0.29, 0.717) is 21.5 Å². The predicted molar refractivity (Wildman–Crippen MR) is 117 cm³/mol. The van der Waals surface area contributed by atoms with Crippen molar-refractivity contribution in [1.29, 1.82) is 0 Å². The number of benzene rings is 2. The normalized spacial score (nSPS) is 12.7. The number of hydrogen-bond acceptors (Lipinski definition) is 7. The van der Waals surface area contributed by atoms with Crippen molar-refractivity contribution in [3.05, 3.63) is 48.0 Å². The molecule has 1 amide bonds. The third-order valence-electron chi connectivity index (χ3n) is 4.56. The zero-order valence-corrected chi connectivity index (χ0v) is 18.4. The number of amides is 1. The third-order valence-corrected chi connectivity index (χ3v) is 6.98. The molecule has 1 aromatic heterocycles. The average molecular weight is 450 g/mol. The number of carbonyl (C=O) groups is 1. The van der Waals surface area contributed by atoms with Crippen molar-refractivity contribution in [3.8, 4) is 5.75 Å². The number of nitrogens with one attached hydrogen (secondary N) is 2. The van der Waals surface area contributed by atoms with Crippen molar-refractivity contribution in [1.82, 2.24) is 10.3 Å². The number of methoxy groups -OCH3 is 1. The summed E-state index contributed by atoms with van der Waals surface area (Å²) in [6, 6.07) is 10.6. The molecule has 1 atom stereocenters. The Morgan fingerprint density at radius 1 is 1.20 bits per heavy atom. The van der Waals surface area contributed by atoms with Gasteiger partial charge in [0.1, 0.15) is 5.75 Å². The van der Waals surface area contributed by atoms with E-state index in [0.717, 1.165) is 11.3 Å². The highest BCUT2D eigenvalue weighted by atomic mass is 32.2. The molecule has 0 saturated carbocycles. The van der Waals surface area contributed by atoms with E-state index in [4.69, 9.17) is 4.74 Å². The first-order chi connectivity index (χ1) is 14.2. The van der Waals surface area contributed by atoms with Crippen molar-refractivity contribution >= 4 is 42.6 Å². The predicted octanol–water partition coefficient (Wildman–Crippen LogP) is 2.85. The number of carbonyl (C=O) groups excluding carboxylic acids is 1. The number of anilines is 1. The Bertz CT molecular complexity index is 1140. The van der Waals surface area contributed by atoms with Gasteiger partial charge in [0.05, 0.1) is 34.9 Å². The molecule has 3 N–H and O–H groups in total. The number of fused-ring (bicyclic) bond motifs is 1. The first-order valence-corrected chi connectivity index (χ1v) is 11.5. The van der Waals surface area contributed by atoms with Crippen molar-refractivity contribution in [2.45, 2.75) is 24.8 Å². The molecule has 0 aliphatic rings. The molecule has 0 radical (unpaired) electrons. The third kappa shape index (κ3) is 4.89. The molecule has 8 nitrogen and oxygen atoms in total.